The summed E-state index contributed by atoms with van der Waals surface area (Å²) in [5, 5.41) is 0. The van der Waals surface area contributed by atoms with Gasteiger partial charge in [-0.3, -0.25) is 9.59 Å². The zero-order valence-corrected chi connectivity index (χ0v) is 9.09. The van der Waals surface area contributed by atoms with Crippen LogP contribution in [0.3, 0.4) is 0 Å². The highest BCUT2D eigenvalue weighted by Crippen LogP contribution is 2.22. The summed E-state index contributed by atoms with van der Waals surface area (Å²) in [5.74, 6) is 0.199. The van der Waals surface area contributed by atoms with Gasteiger partial charge in [-0.1, -0.05) is 20.3 Å². The van der Waals surface area contributed by atoms with Crippen molar-refractivity contribution in [3.05, 3.63) is 0 Å². The van der Waals surface area contributed by atoms with Gasteiger partial charge in [-0.05, 0) is 26.7 Å². The molecule has 76 valence electrons. The molecule has 13 heavy (non-hydrogen) atoms. The van der Waals surface area contributed by atoms with Crippen LogP contribution in [0.4, 0.5) is 0 Å². The van der Waals surface area contributed by atoms with E-state index in [1.165, 1.54) is 0 Å². The van der Waals surface area contributed by atoms with E-state index in [1.807, 2.05) is 13.8 Å². The zero-order chi connectivity index (χ0) is 10.4. The number of rotatable bonds is 6. The highest BCUT2D eigenvalue weighted by Gasteiger charge is 2.26. The predicted molar refractivity (Wildman–Crippen MR) is 53.5 cm³/mol. The van der Waals surface area contributed by atoms with Crippen molar-refractivity contribution in [1.82, 2.24) is 0 Å². The normalized spacial score (nSPS) is 15.1. The van der Waals surface area contributed by atoms with E-state index in [2.05, 4.69) is 0 Å². The Kier molecular flexibility index (Phi) is 5.60. The summed E-state index contributed by atoms with van der Waals surface area (Å²) < 4.78 is 0. The van der Waals surface area contributed by atoms with Gasteiger partial charge < -0.3 is 0 Å². The molecule has 0 saturated carbocycles. The maximum Gasteiger partial charge on any atom is 0.133 e. The standard InChI is InChI=1S/C11H20O2/c1-5-7-11(9(4)13)10(6-2)8(3)12/h10-11H,5-7H2,1-4H3. The second-order valence-electron chi connectivity index (χ2n) is 3.63. The molecule has 0 rings (SSSR count). The molecule has 0 fully saturated rings. The first-order valence-corrected chi connectivity index (χ1v) is 5.05. The average molecular weight is 184 g/mol. The molecule has 0 amide bonds. The monoisotopic (exact) mass is 184 g/mol. The summed E-state index contributed by atoms with van der Waals surface area (Å²) >= 11 is 0. The smallest absolute Gasteiger partial charge is 0.133 e. The molecule has 0 N–H and O–H groups in total. The minimum absolute atomic E-state index is 0.0486. The van der Waals surface area contributed by atoms with Crippen LogP contribution in [0.1, 0.15) is 47.0 Å². The van der Waals surface area contributed by atoms with Crippen LogP contribution in [0, 0.1) is 11.8 Å². The van der Waals surface area contributed by atoms with Gasteiger partial charge in [-0.15, -0.1) is 0 Å². The summed E-state index contributed by atoms with van der Waals surface area (Å²) in [6.07, 6.45) is 2.58. The molecule has 2 heteroatoms. The quantitative estimate of drug-likeness (QED) is 0.636. The molecule has 2 unspecified atom stereocenters. The van der Waals surface area contributed by atoms with E-state index < -0.39 is 0 Å². The third-order valence-electron chi connectivity index (χ3n) is 2.57. The molecule has 0 saturated heterocycles. The second kappa shape index (κ2) is 5.90. The van der Waals surface area contributed by atoms with E-state index in [1.54, 1.807) is 13.8 Å². The van der Waals surface area contributed by atoms with Crippen LogP contribution in [0.25, 0.3) is 0 Å². The third kappa shape index (κ3) is 3.71. The molecule has 0 aliphatic carbocycles. The topological polar surface area (TPSA) is 34.1 Å². The van der Waals surface area contributed by atoms with E-state index in [0.29, 0.717) is 0 Å². The summed E-state index contributed by atoms with van der Waals surface area (Å²) in [5.41, 5.74) is 0. The summed E-state index contributed by atoms with van der Waals surface area (Å²) in [7, 11) is 0. The van der Waals surface area contributed by atoms with E-state index in [4.69, 9.17) is 0 Å². The van der Waals surface area contributed by atoms with Crippen molar-refractivity contribution in [2.75, 3.05) is 0 Å². The molecule has 0 heterocycles. The predicted octanol–water partition coefficient (Wildman–Crippen LogP) is 2.61. The fourth-order valence-corrected chi connectivity index (χ4v) is 1.85. The Balaban J connectivity index is 4.48. The molecule has 0 spiro atoms. The molecular weight excluding hydrogens is 164 g/mol. The maximum atomic E-state index is 11.3. The van der Waals surface area contributed by atoms with Crippen LogP contribution < -0.4 is 0 Å². The zero-order valence-electron chi connectivity index (χ0n) is 9.09. The molecule has 2 atom stereocenters. The van der Waals surface area contributed by atoms with Gasteiger partial charge in [-0.2, -0.15) is 0 Å². The van der Waals surface area contributed by atoms with Crippen molar-refractivity contribution in [1.29, 1.82) is 0 Å². The van der Waals surface area contributed by atoms with Crippen molar-refractivity contribution in [2.45, 2.75) is 47.0 Å². The van der Waals surface area contributed by atoms with Crippen molar-refractivity contribution in [2.24, 2.45) is 11.8 Å². The number of hydrogen-bond donors (Lipinski definition) is 0. The van der Waals surface area contributed by atoms with Gasteiger partial charge in [0, 0.05) is 11.8 Å². The molecule has 0 aromatic heterocycles. The first-order chi connectivity index (χ1) is 6.04. The Morgan fingerprint density at radius 3 is 1.69 bits per heavy atom. The first kappa shape index (κ1) is 12.3. The minimum atomic E-state index is -0.0579. The summed E-state index contributed by atoms with van der Waals surface area (Å²) in [6, 6.07) is 0. The van der Waals surface area contributed by atoms with E-state index in [0.717, 1.165) is 19.3 Å². The van der Waals surface area contributed by atoms with Gasteiger partial charge in [0.1, 0.15) is 11.6 Å². The molecule has 0 aromatic rings. The second-order valence-corrected chi connectivity index (χ2v) is 3.63. The van der Waals surface area contributed by atoms with Crippen molar-refractivity contribution >= 4 is 11.6 Å². The van der Waals surface area contributed by atoms with Crippen LogP contribution in [-0.4, -0.2) is 11.6 Å². The van der Waals surface area contributed by atoms with Crippen molar-refractivity contribution < 1.29 is 9.59 Å². The Bertz CT molecular complexity index is 185. The van der Waals surface area contributed by atoms with Crippen molar-refractivity contribution in [3.8, 4) is 0 Å². The number of Topliss-reactive ketones (excluding diaryl/α,β-unsaturated/α-hetero) is 2. The van der Waals surface area contributed by atoms with Crippen LogP contribution >= 0.6 is 0 Å². The fraction of sp³-hybridized carbons (Fsp3) is 0.818. The highest BCUT2D eigenvalue weighted by atomic mass is 16.1. The lowest BCUT2D eigenvalue weighted by Crippen LogP contribution is -2.26. The number of carbonyl (C=O) groups is 2. The molecule has 0 aromatic carbocycles. The highest BCUT2D eigenvalue weighted by molar-refractivity contribution is 5.87. The lowest BCUT2D eigenvalue weighted by Gasteiger charge is -2.20. The lowest BCUT2D eigenvalue weighted by atomic mass is 9.82. The van der Waals surface area contributed by atoms with Gasteiger partial charge in [0.25, 0.3) is 0 Å². The molecular formula is C11H20O2. The molecule has 0 bridgehead atoms. The van der Waals surface area contributed by atoms with Crippen molar-refractivity contribution in [3.63, 3.8) is 0 Å². The maximum absolute atomic E-state index is 11.3. The van der Waals surface area contributed by atoms with Gasteiger partial charge in [0.2, 0.25) is 0 Å². The van der Waals surface area contributed by atoms with Crippen LogP contribution in [0.15, 0.2) is 0 Å². The van der Waals surface area contributed by atoms with Gasteiger partial charge in [0.15, 0.2) is 0 Å². The lowest BCUT2D eigenvalue weighted by molar-refractivity contribution is -0.130. The Hall–Kier alpha value is -0.660. The fourth-order valence-electron chi connectivity index (χ4n) is 1.85. The first-order valence-electron chi connectivity index (χ1n) is 5.05. The van der Waals surface area contributed by atoms with Crippen LogP contribution in [-0.2, 0) is 9.59 Å². The molecule has 2 nitrogen and oxygen atoms in total. The summed E-state index contributed by atoms with van der Waals surface area (Å²) in [6.45, 7) is 7.19. The molecule has 0 aliphatic heterocycles. The molecule has 0 radical (unpaired) electrons. The van der Waals surface area contributed by atoms with Crippen LogP contribution in [0.2, 0.25) is 0 Å². The van der Waals surface area contributed by atoms with Gasteiger partial charge in [0.05, 0.1) is 0 Å². The number of carbonyl (C=O) groups excluding carboxylic acids is 2. The molecule has 0 aliphatic rings. The van der Waals surface area contributed by atoms with Crippen LogP contribution in [0.5, 0.6) is 0 Å². The SMILES string of the molecule is CCCC(C(C)=O)C(CC)C(C)=O. The van der Waals surface area contributed by atoms with E-state index >= 15 is 0 Å². The third-order valence-corrected chi connectivity index (χ3v) is 2.57. The van der Waals surface area contributed by atoms with Gasteiger partial charge >= 0.3 is 0 Å². The average Bonchev–Trinajstić information content (AvgIpc) is 2.03. The van der Waals surface area contributed by atoms with E-state index in [9.17, 15) is 9.59 Å². The number of hydrogen-bond acceptors (Lipinski definition) is 2. The largest absolute Gasteiger partial charge is 0.300 e. The Morgan fingerprint density at radius 1 is 1.00 bits per heavy atom. The van der Waals surface area contributed by atoms with Gasteiger partial charge in [-0.25, -0.2) is 0 Å². The minimum Gasteiger partial charge on any atom is -0.300 e. The number of ketones is 2. The Labute approximate surface area is 80.7 Å². The Morgan fingerprint density at radius 2 is 1.46 bits per heavy atom. The van der Waals surface area contributed by atoms with E-state index in [-0.39, 0.29) is 23.4 Å². The summed E-state index contributed by atoms with van der Waals surface area (Å²) in [4.78, 5) is 22.5.